The number of piperidine rings is 1. The lowest BCUT2D eigenvalue weighted by Gasteiger charge is -2.42. The zero-order valence-electron chi connectivity index (χ0n) is 78.0. The number of hydrogen-bond acceptors (Lipinski definition) is 29. The van der Waals surface area contributed by atoms with Crippen molar-refractivity contribution in [1.29, 1.82) is 0 Å². The number of alkyl carbamates (subject to hydrolysis) is 1. The van der Waals surface area contributed by atoms with Crippen LogP contribution in [0.15, 0.2) is 143 Å². The molecule has 14 rings (SSSR count). The summed E-state index contributed by atoms with van der Waals surface area (Å²) < 4.78 is 37.8. The van der Waals surface area contributed by atoms with Crippen LogP contribution in [0.3, 0.4) is 0 Å². The molecule has 4 saturated heterocycles. The topological polar surface area (TPSA) is 464 Å². The number of aromatic nitrogens is 10. The fraction of sp³-hybridized carbons (Fsp3) is 0.526. The number of methoxy groups -OCH3 is 3. The van der Waals surface area contributed by atoms with E-state index in [0.717, 1.165) is 43.8 Å². The number of hydrogen-bond donors (Lipinski definition) is 6. The lowest BCUT2D eigenvalue weighted by Crippen LogP contribution is -2.61. The van der Waals surface area contributed by atoms with Crippen LogP contribution in [-0.2, 0) is 83.2 Å². The smallest absolute Gasteiger partial charge is 0.407 e. The molecule has 1 saturated carbocycles. The highest BCUT2D eigenvalue weighted by Crippen LogP contribution is 2.40. The van der Waals surface area contributed by atoms with E-state index in [1.54, 1.807) is 83.7 Å². The van der Waals surface area contributed by atoms with Gasteiger partial charge in [-0.15, -0.1) is 0 Å². The van der Waals surface area contributed by atoms with Gasteiger partial charge in [-0.25, -0.2) is 59.1 Å². The first kappa shape index (κ1) is 97.8. The van der Waals surface area contributed by atoms with Crippen LogP contribution in [0.25, 0.3) is 33.3 Å². The van der Waals surface area contributed by atoms with Crippen LogP contribution >= 0.6 is 0 Å². The maximum absolute atomic E-state index is 14.8. The van der Waals surface area contributed by atoms with E-state index in [-0.39, 0.29) is 68.2 Å². The third-order valence-electron chi connectivity index (χ3n) is 27.2. The largest absolute Gasteiger partial charge is 0.459 e. The van der Waals surface area contributed by atoms with Gasteiger partial charge in [0, 0.05) is 202 Å². The molecule has 1 aromatic carbocycles. The van der Waals surface area contributed by atoms with Crippen molar-refractivity contribution < 1.29 is 77.0 Å². The van der Waals surface area contributed by atoms with Gasteiger partial charge in [0.25, 0.3) is 23.5 Å². The molecular formula is C97H125N21O16. The molecule has 134 heavy (non-hydrogen) atoms. The van der Waals surface area contributed by atoms with Crippen molar-refractivity contribution in [2.75, 3.05) is 102 Å². The number of anilines is 3. The number of guanidine groups is 1. The van der Waals surface area contributed by atoms with Crippen LogP contribution in [-0.4, -0.2) is 287 Å². The summed E-state index contributed by atoms with van der Waals surface area (Å²) >= 11 is 0. The lowest BCUT2D eigenvalue weighted by atomic mass is 9.80. The number of piperazine rings is 2. The van der Waals surface area contributed by atoms with Gasteiger partial charge in [-0.2, -0.15) is 5.10 Å². The van der Waals surface area contributed by atoms with E-state index in [2.05, 4.69) is 74.0 Å². The minimum atomic E-state index is -2.52. The second-order valence-corrected chi connectivity index (χ2v) is 36.5. The minimum Gasteiger partial charge on any atom is -0.459 e. The zero-order chi connectivity index (χ0) is 95.2. The number of allylic oxidation sites excluding steroid dienone is 6. The van der Waals surface area contributed by atoms with Crippen molar-refractivity contribution in [3.05, 3.63) is 161 Å². The highest BCUT2D eigenvalue weighted by atomic mass is 16.6. The number of carbonyl (C=O) groups is 8. The molecule has 0 unspecified atom stereocenters. The van der Waals surface area contributed by atoms with Gasteiger partial charge in [0.1, 0.15) is 59.7 Å². The number of esters is 1. The van der Waals surface area contributed by atoms with Crippen molar-refractivity contribution >= 4 is 99.6 Å². The molecule has 7 aromatic rings. The monoisotopic (exact) mass is 1840 g/mol. The number of ketones is 3. The highest BCUT2D eigenvalue weighted by Gasteiger charge is 2.54. The molecule has 1 aliphatic carbocycles. The van der Waals surface area contributed by atoms with Gasteiger partial charge in [0.05, 0.1) is 35.8 Å². The fourth-order valence-corrected chi connectivity index (χ4v) is 19.1. The highest BCUT2D eigenvalue weighted by molar-refractivity contribution is 6.39. The number of aromatic amines is 1. The number of aliphatic hydroxyl groups excluding tert-OH is 1. The number of nitrogen functional groups attached to an aromatic ring is 1. The van der Waals surface area contributed by atoms with Crippen LogP contribution < -0.4 is 26.6 Å². The Morgan fingerprint density at radius 3 is 2.21 bits per heavy atom. The van der Waals surface area contributed by atoms with Gasteiger partial charge < -0.3 is 89.8 Å². The Morgan fingerprint density at radius 1 is 0.761 bits per heavy atom. The Hall–Kier alpha value is -12.3. The summed E-state index contributed by atoms with van der Waals surface area (Å²) in [6, 6.07) is 7.99. The maximum Gasteiger partial charge on any atom is 0.407 e. The molecule has 7 aliphatic rings. The predicted molar refractivity (Wildman–Crippen MR) is 501 cm³/mol. The molecule has 0 spiro atoms. The minimum absolute atomic E-state index is 0.00150. The number of carbonyl (C=O) groups excluding carboxylic acids is 8. The van der Waals surface area contributed by atoms with E-state index in [4.69, 9.17) is 45.0 Å². The van der Waals surface area contributed by atoms with Gasteiger partial charge in [-0.3, -0.25) is 28.8 Å². The fourth-order valence-electron chi connectivity index (χ4n) is 19.1. The van der Waals surface area contributed by atoms with Gasteiger partial charge in [0.2, 0.25) is 23.6 Å². The maximum atomic E-state index is 14.8. The van der Waals surface area contributed by atoms with E-state index in [1.165, 1.54) is 26.7 Å². The number of nitrogens with one attached hydrogen (secondary N) is 2. The number of benzene rings is 1. The number of ether oxygens (including phenoxy) is 6. The summed E-state index contributed by atoms with van der Waals surface area (Å²) in [6.07, 6.45) is 21.4. The molecule has 12 heterocycles. The molecule has 0 radical (unpaired) electrons. The molecule has 714 valence electrons. The van der Waals surface area contributed by atoms with Crippen molar-refractivity contribution in [2.24, 2.45) is 45.3 Å². The third-order valence-corrected chi connectivity index (χ3v) is 27.2. The van der Waals surface area contributed by atoms with Gasteiger partial charge in [0.15, 0.2) is 11.4 Å². The second-order valence-electron chi connectivity index (χ2n) is 36.5. The molecule has 15 atom stereocenters. The molecule has 4 amide bonds. The summed E-state index contributed by atoms with van der Waals surface area (Å²) in [5, 5.41) is 33.3. The van der Waals surface area contributed by atoms with Crippen molar-refractivity contribution in [3.8, 4) is 11.3 Å². The summed E-state index contributed by atoms with van der Waals surface area (Å²) in [7, 11) is 4.43. The normalized spacial score (nSPS) is 27.8. The van der Waals surface area contributed by atoms with E-state index >= 15 is 0 Å². The SMILES string of the molecule is C=N/C(=N\C=C(/C)C(=O)N1CCc2cc(Cn3nc(-c4cnc5[nH]ccc5c4)c4c(N)ncnc43)ccc2C1)N1CCN(C(=O)c2cnc(N3CCN(c4ncc(CNC(=O)O[C@@H]5CC[C@@H](C[C@@H](N)[C@@H]6CC(=O)[C@H](C)/C=C(\C)[C@@H](O)[C@@H](OC)C(=O)[C@H](C)C[C@H](C)/C=C/C=C/C=C(\C)[C@@H](OC)C[C@@H]7CC[C@@H](C)[C@@](O)(O7)C(=O)C(=O)N7CCCC[C@H]7C(=O)O6)C[C@H]5OC)cn4)CC3)nc2)CC1. The van der Waals surface area contributed by atoms with Crippen LogP contribution in [0.5, 0.6) is 0 Å². The number of aliphatic imine (C=N–C) groups is 2. The number of fused-ring (bicyclic) bond motifs is 6. The third kappa shape index (κ3) is 23.0. The Kier molecular flexibility index (Phi) is 32.3. The average Bonchev–Trinajstić information content (AvgIpc) is 0.972. The number of Topliss-reactive ketones (excluding diaryl/α,β-unsaturated/α-hetero) is 3. The summed E-state index contributed by atoms with van der Waals surface area (Å²) in [5.41, 5.74) is 22.2. The Labute approximate surface area is 779 Å². The second kappa shape index (κ2) is 44.3. The van der Waals surface area contributed by atoms with Crippen molar-refractivity contribution in [2.45, 2.75) is 212 Å². The van der Waals surface area contributed by atoms with Crippen LogP contribution in [0.1, 0.15) is 158 Å². The quantitative estimate of drug-likeness (QED) is 0.0124. The first-order valence-corrected chi connectivity index (χ1v) is 46.4. The van der Waals surface area contributed by atoms with Gasteiger partial charge in [-0.05, 0) is 150 Å². The van der Waals surface area contributed by atoms with Crippen LogP contribution in [0, 0.1) is 29.6 Å². The van der Waals surface area contributed by atoms with Crippen molar-refractivity contribution in [3.63, 3.8) is 0 Å². The number of rotatable bonds is 17. The standard InChI is InChI=1S/C97H125N21O16/c1-57-17-13-12-14-18-58(2)77(129-9)45-72-24-20-63(7)97(128,134-72)85(122)91(125)117-29-16-15-19-74(117)92(126)132-78(46-75(119)59(3)40-61(5)83(121)84(131-11)82(120)60(4)39-57)73(98)42-64-22-25-76(79(43-64)130-10)133-96(127)108-50-66-48-104-94(105-49-66)114-35-37-115(38-36-114)95-106-52-71(53-107-95)90(124)112-31-33-113(34-32-112)93(100-8)103-47-62(6)89(123)116-30-27-67-41-65(21-23-69(67)55-116)54-118-88-80(86(99)109-56-110-88)81(111-118)70-44-68-26-28-101-87(68)102-51-70/h12-14,17-18,21,23,26,28,40-41,44,47-49,51-53,56-57,59-60,63-64,72-74,76-79,83-84,121,128H,8,15-16,19-20,22,24-25,27,29-39,42-43,45-46,50,54-55,98H2,1-7,9-11H3,(H,101,102)(H,108,127)(H2,99,109,110)/b14-12+,17-13+,58-18+,61-40+,62-47+,103-93+/t57-,59-,60-,63-,64+,72+,73-,74+,76-,77+,78+,79-,83-,84+,97-/m1/s1. The molecule has 37 heteroatoms. The molecule has 8 N–H and O–H groups in total. The average molecular weight is 1840 g/mol. The van der Waals surface area contributed by atoms with E-state index in [0.29, 0.717) is 192 Å². The summed E-state index contributed by atoms with van der Waals surface area (Å²) in [6.45, 7) is 21.4. The van der Waals surface area contributed by atoms with Gasteiger partial charge in [-0.1, -0.05) is 82.4 Å². The van der Waals surface area contributed by atoms with E-state index < -0.39 is 108 Å². The number of nitrogens with zero attached hydrogens (tertiary/aromatic N) is 17. The molecular weight excluding hydrogens is 1720 g/mol. The number of pyridine rings is 1. The number of amides is 4. The lowest BCUT2D eigenvalue weighted by molar-refractivity contribution is -0.265. The molecule has 6 aliphatic heterocycles. The molecule has 6 aromatic heterocycles. The molecule has 2 bridgehead atoms. The summed E-state index contributed by atoms with van der Waals surface area (Å²) in [5.74, 6) is -7.50. The molecule has 37 nitrogen and oxygen atoms in total. The predicted octanol–water partition coefficient (Wildman–Crippen LogP) is 8.33. The Morgan fingerprint density at radius 2 is 1.49 bits per heavy atom. The zero-order valence-corrected chi connectivity index (χ0v) is 78.0. The molecule has 5 fully saturated rings. The van der Waals surface area contributed by atoms with E-state index in [1.807, 2.05) is 92.9 Å². The first-order valence-electron chi connectivity index (χ1n) is 46.4. The van der Waals surface area contributed by atoms with Crippen molar-refractivity contribution in [1.82, 2.24) is 74.6 Å². The number of H-pyrrole nitrogens is 1. The van der Waals surface area contributed by atoms with E-state index in [9.17, 15) is 48.6 Å². The van der Waals surface area contributed by atoms with Crippen LogP contribution in [0.2, 0.25) is 0 Å². The Bertz CT molecular complexity index is 5600. The number of cyclic esters (lactones) is 1. The number of aliphatic hydroxyl groups is 2. The van der Waals surface area contributed by atoms with Gasteiger partial charge >= 0.3 is 12.1 Å². The Balaban J connectivity index is 0.529. The van der Waals surface area contributed by atoms with Crippen LogP contribution in [0.4, 0.5) is 22.5 Å². The summed E-state index contributed by atoms with van der Waals surface area (Å²) in [4.78, 5) is 168. The number of nitrogens with two attached hydrogens (primary N) is 2. The first-order chi connectivity index (χ1) is 64.5.